The van der Waals surface area contributed by atoms with Gasteiger partial charge in [0.2, 0.25) is 0 Å². The number of benzene rings is 1. The highest BCUT2D eigenvalue weighted by molar-refractivity contribution is 7.99. The van der Waals surface area contributed by atoms with Crippen LogP contribution in [0.4, 0.5) is 0 Å². The normalized spacial score (nSPS) is 20.4. The van der Waals surface area contributed by atoms with Crippen molar-refractivity contribution in [1.29, 1.82) is 0 Å². The summed E-state index contributed by atoms with van der Waals surface area (Å²) in [5, 5.41) is 7.72. The lowest BCUT2D eigenvalue weighted by Gasteiger charge is -2.17. The molecule has 6 heteroatoms. The molecule has 0 heterocycles. The zero-order valence-corrected chi connectivity index (χ0v) is 16.6. The maximum absolute atomic E-state index is 5.44. The Morgan fingerprint density at radius 3 is 2.76 bits per heavy atom. The van der Waals surface area contributed by atoms with Crippen molar-refractivity contribution in [1.82, 2.24) is 10.6 Å². The minimum Gasteiger partial charge on any atom is -0.497 e. The number of thioether (sulfide) groups is 1. The van der Waals surface area contributed by atoms with Crippen LogP contribution in [0.5, 0.6) is 11.5 Å². The quantitative estimate of drug-likeness (QED) is 0.548. The number of nitrogens with zero attached hydrogens (tertiary/aromatic N) is 1. The van der Waals surface area contributed by atoms with Gasteiger partial charge >= 0.3 is 0 Å². The number of hydrogen-bond acceptors (Lipinski definition) is 4. The van der Waals surface area contributed by atoms with E-state index in [0.29, 0.717) is 12.6 Å². The third-order valence-electron chi connectivity index (χ3n) is 4.54. The molecule has 1 fully saturated rings. The molecule has 2 atom stereocenters. The first-order valence-electron chi connectivity index (χ1n) is 8.98. The van der Waals surface area contributed by atoms with Gasteiger partial charge in [0.05, 0.1) is 14.2 Å². The third-order valence-corrected chi connectivity index (χ3v) is 5.64. The van der Waals surface area contributed by atoms with Crippen molar-refractivity contribution in [3.05, 3.63) is 23.8 Å². The number of methoxy groups -OCH3 is 2. The minimum atomic E-state index is 0.529. The Bertz CT molecular complexity index is 566. The molecule has 0 radical (unpaired) electrons. The zero-order valence-electron chi connectivity index (χ0n) is 15.8. The second-order valence-electron chi connectivity index (χ2n) is 6.20. The Hall–Kier alpha value is -1.56. The standard InChI is InChI=1S/C19H31N3O2S/c1-5-20-19(22-15-6-8-17(13-15)25-4)21-11-10-14-12-16(23-2)7-9-18(14)24-3/h7,9,12,15,17H,5-6,8,10-11,13H2,1-4H3,(H2,20,21,22). The number of ether oxygens (including phenoxy) is 2. The van der Waals surface area contributed by atoms with Gasteiger partial charge in [0.1, 0.15) is 11.5 Å². The molecule has 2 N–H and O–H groups in total. The summed E-state index contributed by atoms with van der Waals surface area (Å²) in [6, 6.07) is 6.41. The zero-order chi connectivity index (χ0) is 18.1. The molecule has 0 bridgehead atoms. The Balaban J connectivity index is 1.95. The van der Waals surface area contributed by atoms with E-state index in [1.165, 1.54) is 19.3 Å². The highest BCUT2D eigenvalue weighted by atomic mass is 32.2. The molecule has 0 aliphatic heterocycles. The Labute approximate surface area is 156 Å². The fourth-order valence-corrected chi connectivity index (χ4v) is 3.96. The smallest absolute Gasteiger partial charge is 0.191 e. The van der Waals surface area contributed by atoms with Crippen molar-refractivity contribution in [2.75, 3.05) is 33.6 Å². The first-order chi connectivity index (χ1) is 12.2. The Morgan fingerprint density at radius 2 is 2.12 bits per heavy atom. The van der Waals surface area contributed by atoms with E-state index in [1.54, 1.807) is 14.2 Å². The van der Waals surface area contributed by atoms with Crippen LogP contribution in [0.1, 0.15) is 31.7 Å². The van der Waals surface area contributed by atoms with Crippen molar-refractivity contribution in [2.45, 2.75) is 43.9 Å². The molecule has 2 rings (SSSR count). The van der Waals surface area contributed by atoms with Crippen molar-refractivity contribution in [2.24, 2.45) is 4.99 Å². The highest BCUT2D eigenvalue weighted by Crippen LogP contribution is 2.28. The molecule has 0 amide bonds. The van der Waals surface area contributed by atoms with E-state index in [2.05, 4.69) is 23.8 Å². The molecular weight excluding hydrogens is 334 g/mol. The molecule has 1 aromatic carbocycles. The van der Waals surface area contributed by atoms with Crippen molar-refractivity contribution in [3.63, 3.8) is 0 Å². The number of aliphatic imine (C=N–C) groups is 1. The highest BCUT2D eigenvalue weighted by Gasteiger charge is 2.24. The molecule has 1 aliphatic rings. The first kappa shape index (κ1) is 19.8. The Kier molecular flexibility index (Phi) is 8.25. The first-order valence-corrected chi connectivity index (χ1v) is 10.3. The SMILES string of the molecule is CCNC(=NCCc1cc(OC)ccc1OC)NC1CCC(SC)C1. The van der Waals surface area contributed by atoms with Crippen LogP contribution in [-0.2, 0) is 6.42 Å². The van der Waals surface area contributed by atoms with Crippen LogP contribution in [0.15, 0.2) is 23.2 Å². The molecule has 140 valence electrons. The van der Waals surface area contributed by atoms with Gasteiger partial charge in [-0.25, -0.2) is 0 Å². The van der Waals surface area contributed by atoms with Crippen LogP contribution in [-0.4, -0.2) is 50.8 Å². The summed E-state index contributed by atoms with van der Waals surface area (Å²) in [5.41, 5.74) is 1.12. The van der Waals surface area contributed by atoms with E-state index in [4.69, 9.17) is 14.5 Å². The molecule has 0 saturated heterocycles. The summed E-state index contributed by atoms with van der Waals surface area (Å²) in [6.07, 6.45) is 6.75. The van der Waals surface area contributed by atoms with E-state index in [0.717, 1.165) is 41.2 Å². The average Bonchev–Trinajstić information content (AvgIpc) is 3.09. The van der Waals surface area contributed by atoms with E-state index >= 15 is 0 Å². The van der Waals surface area contributed by atoms with Gasteiger partial charge in [0.15, 0.2) is 5.96 Å². The fraction of sp³-hybridized carbons (Fsp3) is 0.632. The monoisotopic (exact) mass is 365 g/mol. The van der Waals surface area contributed by atoms with Gasteiger partial charge in [0.25, 0.3) is 0 Å². The van der Waals surface area contributed by atoms with Crippen LogP contribution in [0, 0.1) is 0 Å². The van der Waals surface area contributed by atoms with Crippen molar-refractivity contribution < 1.29 is 9.47 Å². The summed E-state index contributed by atoms with van der Waals surface area (Å²) in [7, 11) is 3.38. The second kappa shape index (κ2) is 10.4. The van der Waals surface area contributed by atoms with Gasteiger partial charge in [-0.05, 0) is 62.6 Å². The van der Waals surface area contributed by atoms with E-state index in [1.807, 2.05) is 30.0 Å². The van der Waals surface area contributed by atoms with Gasteiger partial charge < -0.3 is 20.1 Å². The van der Waals surface area contributed by atoms with Crippen molar-refractivity contribution in [3.8, 4) is 11.5 Å². The van der Waals surface area contributed by atoms with Crippen LogP contribution in [0.25, 0.3) is 0 Å². The van der Waals surface area contributed by atoms with Crippen LogP contribution >= 0.6 is 11.8 Å². The molecule has 0 spiro atoms. The summed E-state index contributed by atoms with van der Waals surface area (Å²) in [5.74, 6) is 2.64. The predicted octanol–water partition coefficient (Wildman–Crippen LogP) is 3.09. The molecule has 0 aromatic heterocycles. The number of rotatable bonds is 8. The number of guanidine groups is 1. The van der Waals surface area contributed by atoms with E-state index in [9.17, 15) is 0 Å². The summed E-state index contributed by atoms with van der Waals surface area (Å²) in [4.78, 5) is 4.75. The fourth-order valence-electron chi connectivity index (χ4n) is 3.16. The van der Waals surface area contributed by atoms with Gasteiger partial charge in [0, 0.05) is 24.4 Å². The van der Waals surface area contributed by atoms with E-state index in [-0.39, 0.29) is 0 Å². The summed E-state index contributed by atoms with van der Waals surface area (Å²) < 4.78 is 10.8. The summed E-state index contributed by atoms with van der Waals surface area (Å²) >= 11 is 1.97. The number of nitrogens with one attached hydrogen (secondary N) is 2. The Morgan fingerprint density at radius 1 is 1.28 bits per heavy atom. The van der Waals surface area contributed by atoms with Gasteiger partial charge in [-0.15, -0.1) is 0 Å². The molecule has 25 heavy (non-hydrogen) atoms. The second-order valence-corrected chi connectivity index (χ2v) is 7.34. The van der Waals surface area contributed by atoms with E-state index < -0.39 is 0 Å². The number of hydrogen-bond donors (Lipinski definition) is 2. The lowest BCUT2D eigenvalue weighted by Crippen LogP contribution is -2.42. The molecule has 2 unspecified atom stereocenters. The van der Waals surface area contributed by atoms with Crippen LogP contribution in [0.3, 0.4) is 0 Å². The van der Waals surface area contributed by atoms with Crippen LogP contribution in [0.2, 0.25) is 0 Å². The molecule has 1 aliphatic carbocycles. The topological polar surface area (TPSA) is 54.9 Å². The maximum atomic E-state index is 5.44. The maximum Gasteiger partial charge on any atom is 0.191 e. The molecule has 1 aromatic rings. The third kappa shape index (κ3) is 6.03. The van der Waals surface area contributed by atoms with Gasteiger partial charge in [-0.1, -0.05) is 0 Å². The van der Waals surface area contributed by atoms with Crippen molar-refractivity contribution >= 4 is 17.7 Å². The average molecular weight is 366 g/mol. The minimum absolute atomic E-state index is 0.529. The molecular formula is C19H31N3O2S. The lowest BCUT2D eigenvalue weighted by atomic mass is 10.1. The lowest BCUT2D eigenvalue weighted by molar-refractivity contribution is 0.399. The molecule has 1 saturated carbocycles. The predicted molar refractivity (Wildman–Crippen MR) is 107 cm³/mol. The van der Waals surface area contributed by atoms with Gasteiger partial charge in [-0.3, -0.25) is 4.99 Å². The van der Waals surface area contributed by atoms with Crippen LogP contribution < -0.4 is 20.1 Å². The summed E-state index contributed by atoms with van der Waals surface area (Å²) in [6.45, 7) is 3.67. The molecule has 5 nitrogen and oxygen atoms in total. The largest absolute Gasteiger partial charge is 0.497 e. The van der Waals surface area contributed by atoms with Gasteiger partial charge in [-0.2, -0.15) is 11.8 Å².